The number of carbonyl (C=O) groups is 2. The van der Waals surface area contributed by atoms with Gasteiger partial charge >= 0.3 is 0 Å². The molecule has 0 bridgehead atoms. The number of rotatable bonds is 5. The molecular weight excluding hydrogens is 417 g/mol. The molecule has 5 nitrogen and oxygen atoms in total. The predicted octanol–water partition coefficient (Wildman–Crippen LogP) is 4.13. The minimum atomic E-state index is -0.416. The lowest BCUT2D eigenvalue weighted by Crippen LogP contribution is -2.49. The van der Waals surface area contributed by atoms with Crippen molar-refractivity contribution in [2.24, 2.45) is 0 Å². The smallest absolute Gasteiger partial charge is 0.259 e. The Morgan fingerprint density at radius 1 is 1.09 bits per heavy atom. The Kier molecular flexibility index (Phi) is 5.79. The summed E-state index contributed by atoms with van der Waals surface area (Å²) >= 11 is 0. The lowest BCUT2D eigenvalue weighted by atomic mass is 9.96. The van der Waals surface area contributed by atoms with Crippen LogP contribution in [0.5, 0.6) is 0 Å². The van der Waals surface area contributed by atoms with Crippen LogP contribution < -0.4 is 4.90 Å². The zero-order valence-electron chi connectivity index (χ0n) is 19.1. The van der Waals surface area contributed by atoms with E-state index >= 15 is 0 Å². The van der Waals surface area contributed by atoms with Gasteiger partial charge < -0.3 is 9.80 Å². The number of piperazine rings is 1. The summed E-state index contributed by atoms with van der Waals surface area (Å²) in [5.74, 6) is -0.496. The molecule has 3 aliphatic rings. The number of nitrogens with zero attached hydrogens (tertiary/aromatic N) is 3. The molecule has 1 unspecified atom stereocenters. The zero-order chi connectivity index (χ0) is 23.1. The van der Waals surface area contributed by atoms with Crippen molar-refractivity contribution in [2.75, 3.05) is 37.6 Å². The Balaban J connectivity index is 1.42. The average molecular weight is 448 g/mol. The van der Waals surface area contributed by atoms with Gasteiger partial charge in [-0.15, -0.1) is 0 Å². The van der Waals surface area contributed by atoms with Crippen molar-refractivity contribution < 1.29 is 14.0 Å². The minimum Gasteiger partial charge on any atom is -0.340 e. The lowest BCUT2D eigenvalue weighted by molar-refractivity contribution is -0.133. The average Bonchev–Trinajstić information content (AvgIpc) is 3.35. The first-order valence-corrected chi connectivity index (χ1v) is 11.8. The van der Waals surface area contributed by atoms with Crippen LogP contribution in [-0.2, 0) is 17.6 Å². The number of hydrogen-bond acceptors (Lipinski definition) is 3. The highest BCUT2D eigenvalue weighted by Gasteiger charge is 2.41. The van der Waals surface area contributed by atoms with E-state index in [-0.39, 0.29) is 18.2 Å². The van der Waals surface area contributed by atoms with Gasteiger partial charge in [0.05, 0.1) is 12.5 Å². The van der Waals surface area contributed by atoms with Crippen LogP contribution in [0.25, 0.3) is 0 Å². The Morgan fingerprint density at radius 2 is 1.82 bits per heavy atom. The first kappa shape index (κ1) is 21.8. The van der Waals surface area contributed by atoms with E-state index in [4.69, 9.17) is 0 Å². The Morgan fingerprint density at radius 3 is 2.52 bits per heavy atom. The molecule has 1 fully saturated rings. The van der Waals surface area contributed by atoms with E-state index < -0.39 is 11.9 Å². The van der Waals surface area contributed by atoms with Crippen molar-refractivity contribution in [2.45, 2.75) is 38.6 Å². The number of aryl methyl sites for hydroxylation is 2. The van der Waals surface area contributed by atoms with Crippen molar-refractivity contribution in [1.82, 2.24) is 9.80 Å². The monoisotopic (exact) mass is 447 g/mol. The van der Waals surface area contributed by atoms with Crippen LogP contribution in [0.1, 0.15) is 52.9 Å². The molecule has 2 aromatic carbocycles. The van der Waals surface area contributed by atoms with Gasteiger partial charge in [0, 0.05) is 44.0 Å². The Hall–Kier alpha value is -2.99. The molecule has 0 N–H and O–H groups in total. The fourth-order valence-electron chi connectivity index (χ4n) is 5.47. The molecule has 172 valence electrons. The molecule has 0 radical (unpaired) electrons. The second kappa shape index (κ2) is 8.75. The molecule has 5 rings (SSSR count). The van der Waals surface area contributed by atoms with Crippen molar-refractivity contribution in [3.63, 3.8) is 0 Å². The van der Waals surface area contributed by atoms with Crippen LogP contribution >= 0.6 is 0 Å². The number of benzene rings is 2. The van der Waals surface area contributed by atoms with Gasteiger partial charge in [0.2, 0.25) is 5.91 Å². The van der Waals surface area contributed by atoms with Crippen LogP contribution in [0.15, 0.2) is 48.6 Å². The first-order valence-electron chi connectivity index (χ1n) is 11.8. The lowest BCUT2D eigenvalue weighted by Gasteiger charge is -2.36. The molecular formula is C27H30FN3O2. The number of hydrogen-bond donors (Lipinski definition) is 0. The van der Waals surface area contributed by atoms with Crippen LogP contribution in [-0.4, -0.2) is 54.3 Å². The molecule has 0 spiro atoms. The fourth-order valence-corrected chi connectivity index (χ4v) is 5.47. The summed E-state index contributed by atoms with van der Waals surface area (Å²) in [7, 11) is 0. The number of anilines is 1. The van der Waals surface area contributed by atoms with E-state index in [1.54, 1.807) is 17.0 Å². The Labute approximate surface area is 194 Å². The van der Waals surface area contributed by atoms with Crippen LogP contribution in [0, 0.1) is 5.82 Å². The van der Waals surface area contributed by atoms with Gasteiger partial charge in [0.25, 0.3) is 5.91 Å². The molecule has 2 aliphatic heterocycles. The van der Waals surface area contributed by atoms with Gasteiger partial charge in [-0.1, -0.05) is 24.3 Å². The topological polar surface area (TPSA) is 43.9 Å². The van der Waals surface area contributed by atoms with Crippen LogP contribution in [0.3, 0.4) is 0 Å². The zero-order valence-corrected chi connectivity index (χ0v) is 19.1. The third kappa shape index (κ3) is 4.20. The third-order valence-electron chi connectivity index (χ3n) is 7.06. The molecule has 1 atom stereocenters. The standard InChI is InChI=1S/C27H30FN3O2/c1-18(2)17-29-9-11-30(12-10-29)26(32)16-25-23-13-19-5-3-6-20(19)14-24(23)27(33)31(25)22-8-4-7-21(28)15-22/h4,7-8,13-15,25H,1,3,5-6,9-12,16-17H2,2H3. The third-order valence-corrected chi connectivity index (χ3v) is 7.06. The predicted molar refractivity (Wildman–Crippen MR) is 127 cm³/mol. The molecule has 0 saturated carbocycles. The molecule has 1 saturated heterocycles. The summed E-state index contributed by atoms with van der Waals surface area (Å²) in [6.07, 6.45) is 3.28. The number of fused-ring (bicyclic) bond motifs is 2. The molecule has 2 amide bonds. The molecule has 1 aliphatic carbocycles. The molecule has 2 heterocycles. The van der Waals surface area contributed by atoms with Crippen molar-refractivity contribution in [1.29, 1.82) is 0 Å². The maximum absolute atomic E-state index is 14.1. The van der Waals surface area contributed by atoms with Crippen LogP contribution in [0.2, 0.25) is 0 Å². The normalized spacial score (nSPS) is 20.2. The molecule has 6 heteroatoms. The van der Waals surface area contributed by atoms with Gasteiger partial charge in [0.1, 0.15) is 5.82 Å². The van der Waals surface area contributed by atoms with Crippen molar-refractivity contribution in [3.8, 4) is 0 Å². The molecule has 2 aromatic rings. The SMILES string of the molecule is C=C(C)CN1CCN(C(=O)CC2c3cc4c(cc3C(=O)N2c2cccc(F)c2)CCC4)CC1. The first-order chi connectivity index (χ1) is 15.9. The Bertz CT molecular complexity index is 1120. The highest BCUT2D eigenvalue weighted by atomic mass is 19.1. The van der Waals surface area contributed by atoms with E-state index in [1.807, 2.05) is 17.9 Å². The van der Waals surface area contributed by atoms with E-state index in [9.17, 15) is 14.0 Å². The largest absolute Gasteiger partial charge is 0.340 e. The summed E-state index contributed by atoms with van der Waals surface area (Å²) in [5, 5.41) is 0. The summed E-state index contributed by atoms with van der Waals surface area (Å²) in [4.78, 5) is 32.7. The highest BCUT2D eigenvalue weighted by molar-refractivity contribution is 6.11. The maximum Gasteiger partial charge on any atom is 0.259 e. The van der Waals surface area contributed by atoms with Gasteiger partial charge in [0.15, 0.2) is 0 Å². The van der Waals surface area contributed by atoms with E-state index in [2.05, 4.69) is 17.5 Å². The van der Waals surface area contributed by atoms with Crippen molar-refractivity contribution in [3.05, 3.63) is 76.6 Å². The van der Waals surface area contributed by atoms with Gasteiger partial charge in [-0.3, -0.25) is 14.5 Å². The van der Waals surface area contributed by atoms with Gasteiger partial charge in [-0.25, -0.2) is 4.39 Å². The maximum atomic E-state index is 14.1. The summed E-state index contributed by atoms with van der Waals surface area (Å²) in [6.45, 7) is 9.83. The molecule has 0 aromatic heterocycles. The quantitative estimate of drug-likeness (QED) is 0.648. The van der Waals surface area contributed by atoms with Gasteiger partial charge in [-0.05, 0) is 67.1 Å². The highest BCUT2D eigenvalue weighted by Crippen LogP contribution is 2.42. The number of halogens is 1. The number of amides is 2. The van der Waals surface area contributed by atoms with E-state index in [0.29, 0.717) is 24.3 Å². The van der Waals surface area contributed by atoms with Crippen molar-refractivity contribution >= 4 is 17.5 Å². The second-order valence-corrected chi connectivity index (χ2v) is 9.55. The fraction of sp³-hybridized carbons (Fsp3) is 0.407. The summed E-state index contributed by atoms with van der Waals surface area (Å²) < 4.78 is 14.1. The minimum absolute atomic E-state index is 0.0394. The van der Waals surface area contributed by atoms with Gasteiger partial charge in [-0.2, -0.15) is 0 Å². The van der Waals surface area contributed by atoms with E-state index in [1.165, 1.54) is 23.3 Å². The summed E-state index contributed by atoms with van der Waals surface area (Å²) in [5.41, 5.74) is 5.67. The molecule has 33 heavy (non-hydrogen) atoms. The summed E-state index contributed by atoms with van der Waals surface area (Å²) in [6, 6.07) is 9.82. The number of carbonyl (C=O) groups excluding carboxylic acids is 2. The van der Waals surface area contributed by atoms with Crippen LogP contribution in [0.4, 0.5) is 10.1 Å². The second-order valence-electron chi connectivity index (χ2n) is 9.55. The van der Waals surface area contributed by atoms with E-state index in [0.717, 1.165) is 50.0 Å².